The Morgan fingerprint density at radius 2 is 1.65 bits per heavy atom. The normalized spacial score (nSPS) is 21.4. The molecule has 1 fully saturated rings. The van der Waals surface area contributed by atoms with E-state index in [1.807, 2.05) is 29.3 Å². The van der Waals surface area contributed by atoms with Crippen LogP contribution in [0.2, 0.25) is 0 Å². The molecule has 1 aromatic heterocycles. The van der Waals surface area contributed by atoms with E-state index >= 15 is 0 Å². The Bertz CT molecular complexity index is 1130. The van der Waals surface area contributed by atoms with Crippen LogP contribution in [0.1, 0.15) is 42.0 Å². The first kappa shape index (κ1) is 18.4. The lowest BCUT2D eigenvalue weighted by atomic mass is 9.98. The van der Waals surface area contributed by atoms with Crippen LogP contribution in [0.15, 0.2) is 79.0 Å². The number of nitrogens with zero attached hydrogens (tertiary/aromatic N) is 2. The van der Waals surface area contributed by atoms with Gasteiger partial charge in [-0.05, 0) is 59.2 Å². The Morgan fingerprint density at radius 1 is 0.935 bits per heavy atom. The molecular weight excluding hydrogens is 384 g/mol. The standard InChI is InChI=1S/C27H24N2O2/c30-27(29-19-12-13-20(29)16-18(15-19)26-11-5-6-14-28-26)31-17-25-23-9-3-1-7-21(23)22-8-2-4-10-24(22)25/h1-11,14-15,19-20,25H,12-13,16-17H2. The smallest absolute Gasteiger partial charge is 0.410 e. The Kier molecular flexibility index (Phi) is 4.37. The minimum absolute atomic E-state index is 0.0958. The third kappa shape index (κ3) is 3.05. The van der Waals surface area contributed by atoms with E-state index < -0.39 is 0 Å². The molecule has 154 valence electrons. The summed E-state index contributed by atoms with van der Waals surface area (Å²) in [6, 6.07) is 23.2. The number of hydrogen-bond acceptors (Lipinski definition) is 3. The second-order valence-corrected chi connectivity index (χ2v) is 8.62. The number of ether oxygens (including phenoxy) is 1. The summed E-state index contributed by atoms with van der Waals surface area (Å²) in [6.45, 7) is 0.375. The van der Waals surface area contributed by atoms with Crippen molar-refractivity contribution >= 4 is 11.7 Å². The maximum absolute atomic E-state index is 13.1. The van der Waals surface area contributed by atoms with Gasteiger partial charge in [-0.25, -0.2) is 4.79 Å². The van der Waals surface area contributed by atoms with Gasteiger partial charge in [-0.2, -0.15) is 0 Å². The van der Waals surface area contributed by atoms with Crippen LogP contribution in [0.4, 0.5) is 4.79 Å². The lowest BCUT2D eigenvalue weighted by Gasteiger charge is -2.33. The molecule has 1 aliphatic carbocycles. The van der Waals surface area contributed by atoms with Crippen LogP contribution in [0.25, 0.3) is 16.7 Å². The van der Waals surface area contributed by atoms with E-state index in [0.29, 0.717) is 6.61 Å². The van der Waals surface area contributed by atoms with Crippen LogP contribution < -0.4 is 0 Å². The predicted molar refractivity (Wildman–Crippen MR) is 121 cm³/mol. The molecule has 1 saturated heterocycles. The molecule has 1 amide bonds. The first-order valence-electron chi connectivity index (χ1n) is 11.0. The predicted octanol–water partition coefficient (Wildman–Crippen LogP) is 5.65. The Labute approximate surface area is 182 Å². The molecule has 0 spiro atoms. The summed E-state index contributed by atoms with van der Waals surface area (Å²) in [5.41, 5.74) is 7.26. The molecule has 31 heavy (non-hydrogen) atoms. The lowest BCUT2D eigenvalue weighted by Crippen LogP contribution is -2.43. The number of benzene rings is 2. The number of amides is 1. The van der Waals surface area contributed by atoms with E-state index in [0.717, 1.165) is 25.0 Å². The quantitative estimate of drug-likeness (QED) is 0.562. The zero-order chi connectivity index (χ0) is 20.8. The number of aromatic nitrogens is 1. The number of fused-ring (bicyclic) bond motifs is 5. The number of rotatable bonds is 3. The molecule has 2 aliphatic heterocycles. The lowest BCUT2D eigenvalue weighted by molar-refractivity contribution is 0.0866. The van der Waals surface area contributed by atoms with E-state index in [1.165, 1.54) is 27.8 Å². The largest absolute Gasteiger partial charge is 0.448 e. The molecule has 4 heteroatoms. The summed E-state index contributed by atoms with van der Waals surface area (Å²) in [6.07, 6.45) is 6.71. The maximum atomic E-state index is 13.1. The molecule has 3 heterocycles. The van der Waals surface area contributed by atoms with Crippen molar-refractivity contribution in [1.29, 1.82) is 0 Å². The summed E-state index contributed by atoms with van der Waals surface area (Å²) >= 11 is 0. The van der Waals surface area contributed by atoms with Crippen molar-refractivity contribution in [3.63, 3.8) is 0 Å². The molecule has 3 aliphatic rings. The van der Waals surface area contributed by atoms with Crippen LogP contribution in [-0.2, 0) is 4.74 Å². The van der Waals surface area contributed by atoms with Crippen LogP contribution >= 0.6 is 0 Å². The molecule has 2 unspecified atom stereocenters. The fourth-order valence-corrected chi connectivity index (χ4v) is 5.53. The van der Waals surface area contributed by atoms with Crippen molar-refractivity contribution in [3.8, 4) is 11.1 Å². The van der Waals surface area contributed by atoms with Crippen LogP contribution in [0.5, 0.6) is 0 Å². The third-order valence-corrected chi connectivity index (χ3v) is 6.94. The fraction of sp³-hybridized carbons (Fsp3) is 0.259. The van der Waals surface area contributed by atoms with Gasteiger partial charge >= 0.3 is 6.09 Å². The summed E-state index contributed by atoms with van der Waals surface area (Å²) in [5, 5.41) is 0. The van der Waals surface area contributed by atoms with Crippen molar-refractivity contribution in [2.75, 3.05) is 6.61 Å². The number of carbonyl (C=O) groups excluding carboxylic acids is 1. The maximum Gasteiger partial charge on any atom is 0.410 e. The van der Waals surface area contributed by atoms with Gasteiger partial charge in [-0.1, -0.05) is 60.7 Å². The molecule has 0 saturated carbocycles. The Morgan fingerprint density at radius 3 is 2.32 bits per heavy atom. The van der Waals surface area contributed by atoms with Crippen molar-refractivity contribution in [1.82, 2.24) is 9.88 Å². The average Bonchev–Trinajstić information content (AvgIpc) is 3.29. The minimum atomic E-state index is -0.189. The second-order valence-electron chi connectivity index (χ2n) is 8.62. The van der Waals surface area contributed by atoms with E-state index in [4.69, 9.17) is 4.74 Å². The highest BCUT2D eigenvalue weighted by Gasteiger charge is 2.41. The molecule has 0 N–H and O–H groups in total. The van der Waals surface area contributed by atoms with Gasteiger partial charge in [-0.3, -0.25) is 9.88 Å². The van der Waals surface area contributed by atoms with Crippen LogP contribution in [0, 0.1) is 0 Å². The van der Waals surface area contributed by atoms with E-state index in [9.17, 15) is 4.79 Å². The van der Waals surface area contributed by atoms with Gasteiger partial charge in [0.2, 0.25) is 0 Å². The SMILES string of the molecule is O=C(OCC1c2ccccc2-c2ccccc21)N1C2C=C(c3ccccn3)CC1CC2. The Balaban J connectivity index is 1.21. The molecule has 6 rings (SSSR count). The van der Waals surface area contributed by atoms with Crippen molar-refractivity contribution in [2.45, 2.75) is 37.3 Å². The summed E-state index contributed by atoms with van der Waals surface area (Å²) in [5.74, 6) is 0.0958. The fourth-order valence-electron chi connectivity index (χ4n) is 5.53. The monoisotopic (exact) mass is 408 g/mol. The topological polar surface area (TPSA) is 42.4 Å². The van der Waals surface area contributed by atoms with Gasteiger partial charge in [0.25, 0.3) is 0 Å². The van der Waals surface area contributed by atoms with Crippen molar-refractivity contribution in [2.24, 2.45) is 0 Å². The Hall–Kier alpha value is -3.40. The molecule has 2 atom stereocenters. The molecule has 4 nitrogen and oxygen atoms in total. The summed E-state index contributed by atoms with van der Waals surface area (Å²) < 4.78 is 5.94. The van der Waals surface area contributed by atoms with Crippen molar-refractivity contribution < 1.29 is 9.53 Å². The summed E-state index contributed by atoms with van der Waals surface area (Å²) in [7, 11) is 0. The number of pyridine rings is 1. The third-order valence-electron chi connectivity index (χ3n) is 6.94. The first-order valence-corrected chi connectivity index (χ1v) is 11.0. The van der Waals surface area contributed by atoms with Gasteiger partial charge in [0, 0.05) is 18.2 Å². The second kappa shape index (κ2) is 7.38. The zero-order valence-corrected chi connectivity index (χ0v) is 17.3. The number of hydrogen-bond donors (Lipinski definition) is 0. The minimum Gasteiger partial charge on any atom is -0.448 e. The zero-order valence-electron chi connectivity index (χ0n) is 17.3. The van der Waals surface area contributed by atoms with Gasteiger partial charge in [0.15, 0.2) is 0 Å². The molecule has 0 radical (unpaired) electrons. The highest BCUT2D eigenvalue weighted by Crippen LogP contribution is 2.45. The van der Waals surface area contributed by atoms with E-state index in [1.54, 1.807) is 0 Å². The van der Waals surface area contributed by atoms with Crippen LogP contribution in [-0.4, -0.2) is 34.7 Å². The van der Waals surface area contributed by atoms with E-state index in [2.05, 4.69) is 59.6 Å². The van der Waals surface area contributed by atoms with Crippen molar-refractivity contribution in [3.05, 3.63) is 95.8 Å². The molecule has 3 aromatic rings. The molecule has 2 aromatic carbocycles. The van der Waals surface area contributed by atoms with Gasteiger partial charge in [-0.15, -0.1) is 0 Å². The van der Waals surface area contributed by atoms with Gasteiger partial charge in [0.05, 0.1) is 11.7 Å². The molecular formula is C27H24N2O2. The first-order chi connectivity index (χ1) is 15.3. The summed E-state index contributed by atoms with van der Waals surface area (Å²) in [4.78, 5) is 19.6. The highest BCUT2D eigenvalue weighted by atomic mass is 16.6. The highest BCUT2D eigenvalue weighted by molar-refractivity contribution is 5.79. The van der Waals surface area contributed by atoms with Crippen LogP contribution in [0.3, 0.4) is 0 Å². The molecule has 2 bridgehead atoms. The average molecular weight is 409 g/mol. The number of carbonyl (C=O) groups is 1. The van der Waals surface area contributed by atoms with Gasteiger partial charge in [0.1, 0.15) is 6.61 Å². The van der Waals surface area contributed by atoms with Gasteiger partial charge < -0.3 is 4.74 Å². The van der Waals surface area contributed by atoms with E-state index in [-0.39, 0.29) is 24.1 Å².